The van der Waals surface area contributed by atoms with Crippen molar-refractivity contribution >= 4 is 0 Å². The molecule has 0 aromatic heterocycles. The minimum Gasteiger partial charge on any atom is -0.192 e. The second kappa shape index (κ2) is 5.01. The molecule has 0 saturated carbocycles. The van der Waals surface area contributed by atoms with Crippen molar-refractivity contribution in [1.82, 2.24) is 0 Å². The molecule has 0 N–H and O–H groups in total. The normalized spacial score (nSPS) is 8.94. The first-order valence-corrected chi connectivity index (χ1v) is 5.37. The van der Waals surface area contributed by atoms with Gasteiger partial charge in [0.25, 0.3) is 0 Å². The van der Waals surface area contributed by atoms with Gasteiger partial charge in [0.1, 0.15) is 0 Å². The lowest BCUT2D eigenvalue weighted by Gasteiger charge is -1.95. The van der Waals surface area contributed by atoms with Crippen LogP contribution >= 0.6 is 0 Å². The zero-order valence-corrected chi connectivity index (χ0v) is 9.57. The fourth-order valence-electron chi connectivity index (χ4n) is 1.59. The highest BCUT2D eigenvalue weighted by atomic mass is 14.2. The average Bonchev–Trinajstić information content (AvgIpc) is 2.37. The van der Waals surface area contributed by atoms with E-state index in [1.165, 1.54) is 0 Å². The van der Waals surface area contributed by atoms with Crippen LogP contribution in [0.4, 0.5) is 0 Å². The number of rotatable bonds is 0. The van der Waals surface area contributed by atoms with Crippen molar-refractivity contribution in [2.45, 2.75) is 6.92 Å². The standard InChI is InChI=1S/C16H11N/c1-13-9-15(11-16(10-13)12-17)8-7-14-5-3-2-4-6-14/h2-6,9-11H,1H3. The summed E-state index contributed by atoms with van der Waals surface area (Å²) in [6.45, 7) is 1.97. The molecule has 0 atom stereocenters. The Morgan fingerprint density at radius 3 is 2.18 bits per heavy atom. The van der Waals surface area contributed by atoms with Gasteiger partial charge in [-0.15, -0.1) is 0 Å². The van der Waals surface area contributed by atoms with Gasteiger partial charge in [-0.1, -0.05) is 30.0 Å². The van der Waals surface area contributed by atoms with Gasteiger partial charge in [-0.2, -0.15) is 5.26 Å². The minimum absolute atomic E-state index is 0.655. The van der Waals surface area contributed by atoms with Crippen molar-refractivity contribution in [3.05, 3.63) is 70.8 Å². The summed E-state index contributed by atoms with van der Waals surface area (Å²) in [5.74, 6) is 6.16. The highest BCUT2D eigenvalue weighted by molar-refractivity contribution is 5.47. The van der Waals surface area contributed by atoms with Gasteiger partial charge >= 0.3 is 0 Å². The third-order valence-electron chi connectivity index (χ3n) is 2.33. The second-order valence-corrected chi connectivity index (χ2v) is 3.82. The van der Waals surface area contributed by atoms with Crippen molar-refractivity contribution < 1.29 is 0 Å². The molecule has 0 fully saturated rings. The first-order chi connectivity index (χ1) is 8.28. The van der Waals surface area contributed by atoms with Crippen LogP contribution in [0.2, 0.25) is 0 Å². The van der Waals surface area contributed by atoms with E-state index in [1.807, 2.05) is 55.5 Å². The van der Waals surface area contributed by atoms with E-state index in [1.54, 1.807) is 0 Å². The largest absolute Gasteiger partial charge is 0.192 e. The molecule has 17 heavy (non-hydrogen) atoms. The number of nitriles is 1. The molecule has 0 spiro atoms. The Balaban J connectivity index is 2.35. The maximum absolute atomic E-state index is 8.87. The van der Waals surface area contributed by atoms with Crippen LogP contribution in [-0.4, -0.2) is 0 Å². The third-order valence-corrected chi connectivity index (χ3v) is 2.33. The van der Waals surface area contributed by atoms with Crippen LogP contribution in [0, 0.1) is 30.1 Å². The van der Waals surface area contributed by atoms with Gasteiger partial charge < -0.3 is 0 Å². The molecule has 0 aliphatic heterocycles. The minimum atomic E-state index is 0.655. The van der Waals surface area contributed by atoms with Crippen molar-refractivity contribution in [2.24, 2.45) is 0 Å². The Morgan fingerprint density at radius 2 is 1.47 bits per heavy atom. The molecular weight excluding hydrogens is 206 g/mol. The van der Waals surface area contributed by atoms with E-state index in [9.17, 15) is 0 Å². The van der Waals surface area contributed by atoms with Crippen LogP contribution in [0.1, 0.15) is 22.3 Å². The Morgan fingerprint density at radius 1 is 0.824 bits per heavy atom. The number of aryl methyl sites for hydroxylation is 1. The first kappa shape index (κ1) is 11.0. The molecular formula is C16H11N. The van der Waals surface area contributed by atoms with Crippen LogP contribution in [0.15, 0.2) is 48.5 Å². The molecule has 2 aromatic rings. The third kappa shape index (κ3) is 2.97. The predicted molar refractivity (Wildman–Crippen MR) is 68.3 cm³/mol. The monoisotopic (exact) mass is 217 g/mol. The van der Waals surface area contributed by atoms with Crippen LogP contribution in [-0.2, 0) is 0 Å². The fraction of sp³-hybridized carbons (Fsp3) is 0.0625. The van der Waals surface area contributed by atoms with Crippen molar-refractivity contribution in [3.8, 4) is 17.9 Å². The Hall–Kier alpha value is -2.51. The SMILES string of the molecule is Cc1cc(C#N)cc(C#Cc2ccccc2)c1. The summed E-state index contributed by atoms with van der Waals surface area (Å²) in [5.41, 5.74) is 3.57. The van der Waals surface area contributed by atoms with Gasteiger partial charge in [-0.05, 0) is 42.8 Å². The predicted octanol–water partition coefficient (Wildman–Crippen LogP) is 3.27. The highest BCUT2D eigenvalue weighted by Crippen LogP contribution is 2.08. The molecule has 2 aromatic carbocycles. The summed E-state index contributed by atoms with van der Waals surface area (Å²) < 4.78 is 0. The van der Waals surface area contributed by atoms with Gasteiger partial charge in [-0.3, -0.25) is 0 Å². The molecule has 1 nitrogen and oxygen atoms in total. The molecule has 0 bridgehead atoms. The lowest BCUT2D eigenvalue weighted by atomic mass is 10.1. The summed E-state index contributed by atoms with van der Waals surface area (Å²) in [5, 5.41) is 8.87. The Kier molecular flexibility index (Phi) is 3.24. The van der Waals surface area contributed by atoms with Crippen LogP contribution < -0.4 is 0 Å². The van der Waals surface area contributed by atoms with Crippen LogP contribution in [0.25, 0.3) is 0 Å². The van der Waals surface area contributed by atoms with E-state index in [0.717, 1.165) is 16.7 Å². The van der Waals surface area contributed by atoms with Gasteiger partial charge in [0, 0.05) is 11.1 Å². The zero-order chi connectivity index (χ0) is 12.1. The summed E-state index contributed by atoms with van der Waals surface area (Å²) >= 11 is 0. The highest BCUT2D eigenvalue weighted by Gasteiger charge is 1.94. The lowest BCUT2D eigenvalue weighted by molar-refractivity contribution is 1.41. The second-order valence-electron chi connectivity index (χ2n) is 3.82. The van der Waals surface area contributed by atoms with Crippen molar-refractivity contribution in [2.75, 3.05) is 0 Å². The molecule has 2 rings (SSSR count). The van der Waals surface area contributed by atoms with Crippen LogP contribution in [0.3, 0.4) is 0 Å². The summed E-state index contributed by atoms with van der Waals surface area (Å²) in [7, 11) is 0. The molecule has 0 aliphatic rings. The number of hydrogen-bond donors (Lipinski definition) is 0. The maximum Gasteiger partial charge on any atom is 0.0992 e. The zero-order valence-electron chi connectivity index (χ0n) is 9.57. The molecule has 0 radical (unpaired) electrons. The molecule has 0 saturated heterocycles. The van der Waals surface area contributed by atoms with E-state index in [4.69, 9.17) is 5.26 Å². The van der Waals surface area contributed by atoms with Crippen molar-refractivity contribution in [3.63, 3.8) is 0 Å². The summed E-state index contributed by atoms with van der Waals surface area (Å²) in [6.07, 6.45) is 0. The quantitative estimate of drug-likeness (QED) is 0.621. The van der Waals surface area contributed by atoms with E-state index < -0.39 is 0 Å². The van der Waals surface area contributed by atoms with Gasteiger partial charge in [0.05, 0.1) is 11.6 Å². The van der Waals surface area contributed by atoms with E-state index in [2.05, 4.69) is 17.9 Å². The molecule has 0 aliphatic carbocycles. The van der Waals surface area contributed by atoms with Gasteiger partial charge in [0.15, 0.2) is 0 Å². The average molecular weight is 217 g/mol. The Labute approximate surface area is 101 Å². The number of hydrogen-bond acceptors (Lipinski definition) is 1. The molecule has 0 heterocycles. The van der Waals surface area contributed by atoms with Crippen molar-refractivity contribution in [1.29, 1.82) is 5.26 Å². The molecule has 0 unspecified atom stereocenters. The topological polar surface area (TPSA) is 23.8 Å². The summed E-state index contributed by atoms with van der Waals surface area (Å²) in [6, 6.07) is 17.6. The molecule has 0 amide bonds. The van der Waals surface area contributed by atoms with Gasteiger partial charge in [-0.25, -0.2) is 0 Å². The number of benzene rings is 2. The Bertz CT molecular complexity index is 622. The van der Waals surface area contributed by atoms with Crippen LogP contribution in [0.5, 0.6) is 0 Å². The maximum atomic E-state index is 8.87. The van der Waals surface area contributed by atoms with E-state index in [0.29, 0.717) is 5.56 Å². The molecule has 80 valence electrons. The summed E-state index contributed by atoms with van der Waals surface area (Å²) in [4.78, 5) is 0. The van der Waals surface area contributed by atoms with E-state index >= 15 is 0 Å². The molecule has 1 heteroatoms. The fourth-order valence-corrected chi connectivity index (χ4v) is 1.59. The first-order valence-electron chi connectivity index (χ1n) is 5.37. The smallest absolute Gasteiger partial charge is 0.0992 e. The lowest BCUT2D eigenvalue weighted by Crippen LogP contribution is -1.82. The van der Waals surface area contributed by atoms with Gasteiger partial charge in [0.2, 0.25) is 0 Å². The number of nitrogens with zero attached hydrogens (tertiary/aromatic N) is 1. The van der Waals surface area contributed by atoms with E-state index in [-0.39, 0.29) is 0 Å².